The van der Waals surface area contributed by atoms with Crippen LogP contribution in [0.5, 0.6) is 0 Å². The molecule has 1 unspecified atom stereocenters. The molecular weight excluding hydrogens is 355 g/mol. The molecule has 1 aliphatic heterocycles. The second-order valence-corrected chi connectivity index (χ2v) is 6.86. The lowest BCUT2D eigenvalue weighted by Crippen LogP contribution is -2.34. The number of halogens is 2. The van der Waals surface area contributed by atoms with Gasteiger partial charge in [-0.2, -0.15) is 0 Å². The summed E-state index contributed by atoms with van der Waals surface area (Å²) in [7, 11) is 0. The zero-order valence-corrected chi connectivity index (χ0v) is 14.4. The number of imide groups is 1. The van der Waals surface area contributed by atoms with Gasteiger partial charge in [0.2, 0.25) is 0 Å². The van der Waals surface area contributed by atoms with Crippen LogP contribution in [-0.2, 0) is 4.79 Å². The number of hydrogen-bond acceptors (Lipinski definition) is 4. The summed E-state index contributed by atoms with van der Waals surface area (Å²) < 4.78 is 0. The first-order chi connectivity index (χ1) is 11.0. The molecule has 0 saturated carbocycles. The molecule has 1 atom stereocenters. The second kappa shape index (κ2) is 6.43. The topological polar surface area (TPSA) is 49.4 Å². The molecule has 1 fully saturated rings. The highest BCUT2D eigenvalue weighted by atomic mass is 35.5. The van der Waals surface area contributed by atoms with Crippen molar-refractivity contribution in [3.8, 4) is 0 Å². The molecule has 2 aromatic rings. The first kappa shape index (κ1) is 16.2. The summed E-state index contributed by atoms with van der Waals surface area (Å²) in [6.07, 6.45) is 0. The zero-order chi connectivity index (χ0) is 16.6. The molecule has 118 valence electrons. The molecule has 2 aromatic carbocycles. The van der Waals surface area contributed by atoms with E-state index < -0.39 is 5.37 Å². The molecule has 1 heterocycles. The normalized spacial score (nSPS) is 17.7. The first-order valence-electron chi connectivity index (χ1n) is 6.79. The zero-order valence-electron chi connectivity index (χ0n) is 12.0. The quantitative estimate of drug-likeness (QED) is 0.835. The Morgan fingerprint density at radius 1 is 1.09 bits per heavy atom. The Labute approximate surface area is 147 Å². The van der Waals surface area contributed by atoms with Crippen LogP contribution in [0, 0.1) is 6.92 Å². The Morgan fingerprint density at radius 2 is 1.78 bits per heavy atom. The minimum atomic E-state index is -0.736. The van der Waals surface area contributed by atoms with Crippen molar-refractivity contribution < 1.29 is 9.59 Å². The van der Waals surface area contributed by atoms with E-state index in [0.29, 0.717) is 21.4 Å². The highest BCUT2D eigenvalue weighted by Gasteiger charge is 2.40. The van der Waals surface area contributed by atoms with E-state index in [0.717, 1.165) is 17.3 Å². The van der Waals surface area contributed by atoms with Crippen LogP contribution < -0.4 is 10.2 Å². The van der Waals surface area contributed by atoms with Gasteiger partial charge in [0.05, 0.1) is 21.4 Å². The number of anilines is 2. The molecule has 4 nitrogen and oxygen atoms in total. The third kappa shape index (κ3) is 3.17. The fourth-order valence-corrected chi connectivity index (χ4v) is 3.43. The largest absolute Gasteiger partial charge is 0.364 e. The number of benzene rings is 2. The molecule has 1 aliphatic rings. The van der Waals surface area contributed by atoms with Gasteiger partial charge in [-0.3, -0.25) is 9.59 Å². The minimum absolute atomic E-state index is 0.323. The van der Waals surface area contributed by atoms with Gasteiger partial charge in [0.15, 0.2) is 5.37 Å². The molecule has 0 aliphatic carbocycles. The molecule has 1 saturated heterocycles. The van der Waals surface area contributed by atoms with E-state index in [1.807, 2.05) is 19.1 Å². The molecule has 7 heteroatoms. The van der Waals surface area contributed by atoms with Crippen molar-refractivity contribution in [1.29, 1.82) is 0 Å². The number of thioether (sulfide) groups is 1. The highest BCUT2D eigenvalue weighted by molar-refractivity contribution is 8.16. The van der Waals surface area contributed by atoms with E-state index in [1.165, 1.54) is 4.90 Å². The van der Waals surface area contributed by atoms with Crippen LogP contribution in [0.3, 0.4) is 0 Å². The summed E-state index contributed by atoms with van der Waals surface area (Å²) in [4.78, 5) is 25.9. The fourth-order valence-electron chi connectivity index (χ4n) is 2.19. The monoisotopic (exact) mass is 366 g/mol. The van der Waals surface area contributed by atoms with Crippen molar-refractivity contribution >= 4 is 57.5 Å². The number of amides is 2. The standard InChI is InChI=1S/C16H12Cl2N2O2S/c1-9-5-7-10(8-6-9)20-15(21)14(23-16(20)22)19-12-4-2-3-11(17)13(12)18/h2-8,14,19H,1H3. The van der Waals surface area contributed by atoms with E-state index >= 15 is 0 Å². The van der Waals surface area contributed by atoms with Gasteiger partial charge in [0, 0.05) is 0 Å². The van der Waals surface area contributed by atoms with Crippen LogP contribution in [0.1, 0.15) is 5.56 Å². The Kier molecular flexibility index (Phi) is 4.53. The number of nitrogens with one attached hydrogen (secondary N) is 1. The van der Waals surface area contributed by atoms with E-state index in [4.69, 9.17) is 23.2 Å². The van der Waals surface area contributed by atoms with Crippen molar-refractivity contribution in [3.05, 3.63) is 58.1 Å². The molecule has 0 spiro atoms. The highest BCUT2D eigenvalue weighted by Crippen LogP contribution is 2.35. The summed E-state index contributed by atoms with van der Waals surface area (Å²) in [5.74, 6) is -0.333. The number of hydrogen-bond donors (Lipinski definition) is 1. The smallest absolute Gasteiger partial charge is 0.295 e. The van der Waals surface area contributed by atoms with Gasteiger partial charge in [-0.15, -0.1) is 0 Å². The Hall–Kier alpha value is -1.69. The Balaban J connectivity index is 1.84. The van der Waals surface area contributed by atoms with Crippen LogP contribution in [0.4, 0.5) is 16.2 Å². The van der Waals surface area contributed by atoms with Crippen molar-refractivity contribution in [2.24, 2.45) is 0 Å². The third-order valence-corrected chi connectivity index (χ3v) is 5.13. The lowest BCUT2D eigenvalue weighted by molar-refractivity contribution is -0.116. The average molecular weight is 367 g/mol. The van der Waals surface area contributed by atoms with Crippen molar-refractivity contribution in [2.75, 3.05) is 10.2 Å². The molecule has 0 bridgehead atoms. The maximum atomic E-state index is 12.5. The van der Waals surface area contributed by atoms with Gasteiger partial charge in [-0.1, -0.05) is 47.0 Å². The fraction of sp³-hybridized carbons (Fsp3) is 0.125. The number of aryl methyl sites for hydroxylation is 1. The molecule has 1 N–H and O–H groups in total. The lowest BCUT2D eigenvalue weighted by atomic mass is 10.2. The maximum Gasteiger partial charge on any atom is 0.295 e. The molecule has 23 heavy (non-hydrogen) atoms. The van der Waals surface area contributed by atoms with E-state index in [-0.39, 0.29) is 11.1 Å². The van der Waals surface area contributed by atoms with Crippen molar-refractivity contribution in [1.82, 2.24) is 0 Å². The summed E-state index contributed by atoms with van der Waals surface area (Å²) in [5.41, 5.74) is 2.13. The van der Waals surface area contributed by atoms with Gasteiger partial charge < -0.3 is 5.32 Å². The molecule has 2 amide bonds. The van der Waals surface area contributed by atoms with E-state index in [1.54, 1.807) is 30.3 Å². The number of nitrogens with zero attached hydrogens (tertiary/aromatic N) is 1. The second-order valence-electron chi connectivity index (χ2n) is 5.02. The molecule has 0 radical (unpaired) electrons. The van der Waals surface area contributed by atoms with Gasteiger partial charge in [-0.25, -0.2) is 4.90 Å². The van der Waals surface area contributed by atoms with Crippen LogP contribution in [0.25, 0.3) is 0 Å². The minimum Gasteiger partial charge on any atom is -0.364 e. The van der Waals surface area contributed by atoms with Gasteiger partial charge in [-0.05, 0) is 43.0 Å². The summed E-state index contributed by atoms with van der Waals surface area (Å²) in [5, 5.41) is 2.62. The third-order valence-electron chi connectivity index (χ3n) is 3.38. The Morgan fingerprint density at radius 3 is 2.48 bits per heavy atom. The predicted molar refractivity (Wildman–Crippen MR) is 95.5 cm³/mol. The van der Waals surface area contributed by atoms with Crippen LogP contribution in [-0.4, -0.2) is 16.5 Å². The summed E-state index contributed by atoms with van der Waals surface area (Å²) >= 11 is 13.0. The van der Waals surface area contributed by atoms with Gasteiger partial charge in [0.25, 0.3) is 11.1 Å². The average Bonchev–Trinajstić information content (AvgIpc) is 2.79. The summed E-state index contributed by atoms with van der Waals surface area (Å²) in [6.45, 7) is 1.94. The lowest BCUT2D eigenvalue weighted by Gasteiger charge is -2.16. The number of rotatable bonds is 3. The molecule has 3 rings (SSSR count). The van der Waals surface area contributed by atoms with Gasteiger partial charge in [0.1, 0.15) is 0 Å². The van der Waals surface area contributed by atoms with Crippen LogP contribution in [0.15, 0.2) is 42.5 Å². The molecular formula is C16H12Cl2N2O2S. The van der Waals surface area contributed by atoms with Crippen LogP contribution >= 0.6 is 35.0 Å². The molecule has 0 aromatic heterocycles. The van der Waals surface area contributed by atoms with Crippen molar-refractivity contribution in [2.45, 2.75) is 12.3 Å². The Bertz CT molecular complexity index is 780. The first-order valence-corrected chi connectivity index (χ1v) is 8.43. The van der Waals surface area contributed by atoms with Crippen LogP contribution in [0.2, 0.25) is 10.0 Å². The van der Waals surface area contributed by atoms with E-state index in [2.05, 4.69) is 5.32 Å². The SMILES string of the molecule is Cc1ccc(N2C(=O)SC(Nc3cccc(Cl)c3Cl)C2=O)cc1. The van der Waals surface area contributed by atoms with Crippen molar-refractivity contribution in [3.63, 3.8) is 0 Å². The predicted octanol–water partition coefficient (Wildman–Crippen LogP) is 4.94. The summed E-state index contributed by atoms with van der Waals surface area (Å²) in [6, 6.07) is 12.3. The number of carbonyl (C=O) groups is 2. The van der Waals surface area contributed by atoms with E-state index in [9.17, 15) is 9.59 Å². The van der Waals surface area contributed by atoms with Gasteiger partial charge >= 0.3 is 0 Å². The number of carbonyl (C=O) groups excluding carboxylic acids is 2. The maximum absolute atomic E-state index is 12.5.